The Kier molecular flexibility index (Phi) is 20.6. The largest absolute Gasteiger partial charge is 0.209 e. The number of unbranched alkanes of at least 4 members (excludes halogenated alkanes) is 24. The first kappa shape index (κ1) is 36.1. The van der Waals surface area contributed by atoms with Crippen molar-refractivity contribution in [3.05, 3.63) is 29.3 Å². The van der Waals surface area contributed by atoms with Crippen molar-refractivity contribution in [3.8, 4) is 0 Å². The van der Waals surface area contributed by atoms with E-state index in [2.05, 4.69) is 56.7 Å². The minimum absolute atomic E-state index is 0.165. The third-order valence-corrected chi connectivity index (χ3v) is 9.61. The minimum Gasteiger partial charge on any atom is -0.202 e. The standard InChI is InChI=1S/C40H72N/c1-5-7-9-11-13-15-17-18-19-20-21-22-24-26-28-30-34-41-36-40(3,4)38-35-37(32-33-39(38)41)31-29-27-25-23-16-14-12-10-8-6-2/h32-33,35-36H,5-31,34H2,1-4H3/q+1. The molecule has 2 rings (SSSR count). The Bertz CT molecular complexity index is 788. The zero-order valence-electron chi connectivity index (χ0n) is 28.6. The van der Waals surface area contributed by atoms with Crippen LogP contribution in [0.3, 0.4) is 0 Å². The molecule has 0 bridgehead atoms. The fraction of sp³-hybridized carbons (Fsp3) is 0.825. The van der Waals surface area contributed by atoms with Crippen molar-refractivity contribution in [2.75, 3.05) is 6.54 Å². The molecule has 0 unspecified atom stereocenters. The Morgan fingerprint density at radius 1 is 0.488 bits per heavy atom. The summed E-state index contributed by atoms with van der Waals surface area (Å²) < 4.78 is 2.57. The molecule has 0 radical (unpaired) electrons. The molecular weight excluding hydrogens is 494 g/mol. The molecule has 41 heavy (non-hydrogen) atoms. The van der Waals surface area contributed by atoms with Gasteiger partial charge in [0, 0.05) is 18.1 Å². The van der Waals surface area contributed by atoms with Crippen molar-refractivity contribution < 1.29 is 4.58 Å². The van der Waals surface area contributed by atoms with Gasteiger partial charge in [0.2, 0.25) is 5.69 Å². The molecule has 1 aromatic rings. The lowest BCUT2D eigenvalue weighted by atomic mass is 9.86. The fourth-order valence-electron chi connectivity index (χ4n) is 6.87. The Hall–Kier alpha value is -1.11. The van der Waals surface area contributed by atoms with E-state index in [1.807, 2.05) is 0 Å². The van der Waals surface area contributed by atoms with Crippen LogP contribution in [-0.4, -0.2) is 17.3 Å². The molecular formula is C40H72N+. The maximum atomic E-state index is 2.57. The predicted octanol–water partition coefficient (Wildman–Crippen LogP) is 13.4. The van der Waals surface area contributed by atoms with Gasteiger partial charge in [-0.1, -0.05) is 168 Å². The molecule has 1 nitrogen and oxygen atoms in total. The van der Waals surface area contributed by atoms with Gasteiger partial charge in [-0.05, 0) is 44.7 Å². The molecule has 1 heterocycles. The quantitative estimate of drug-likeness (QED) is 0.0701. The molecule has 0 atom stereocenters. The van der Waals surface area contributed by atoms with Gasteiger partial charge >= 0.3 is 0 Å². The summed E-state index contributed by atoms with van der Waals surface area (Å²) in [4.78, 5) is 0. The number of benzene rings is 1. The Labute approximate surface area is 258 Å². The molecule has 0 N–H and O–H groups in total. The highest BCUT2D eigenvalue weighted by atomic mass is 15.0. The number of nitrogens with zero attached hydrogens (tertiary/aromatic N) is 1. The van der Waals surface area contributed by atoms with E-state index in [-0.39, 0.29) is 5.41 Å². The summed E-state index contributed by atoms with van der Waals surface area (Å²) in [6.07, 6.45) is 40.9. The maximum absolute atomic E-state index is 2.57. The van der Waals surface area contributed by atoms with E-state index >= 15 is 0 Å². The molecule has 0 amide bonds. The van der Waals surface area contributed by atoms with E-state index in [0.29, 0.717) is 0 Å². The third kappa shape index (κ3) is 16.4. The molecule has 1 aromatic carbocycles. The van der Waals surface area contributed by atoms with Gasteiger partial charge in [0.05, 0.1) is 5.41 Å². The number of hydrogen-bond donors (Lipinski definition) is 0. The summed E-state index contributed by atoms with van der Waals surface area (Å²) >= 11 is 0. The van der Waals surface area contributed by atoms with Crippen molar-refractivity contribution >= 4 is 11.9 Å². The number of rotatable bonds is 28. The normalized spacial score (nSPS) is 14.0. The van der Waals surface area contributed by atoms with Gasteiger partial charge in [0.1, 0.15) is 6.54 Å². The van der Waals surface area contributed by atoms with Crippen molar-refractivity contribution in [2.45, 2.75) is 206 Å². The van der Waals surface area contributed by atoms with Crippen LogP contribution in [0.4, 0.5) is 5.69 Å². The van der Waals surface area contributed by atoms with Crippen molar-refractivity contribution in [1.29, 1.82) is 0 Å². The van der Waals surface area contributed by atoms with Crippen LogP contribution in [0, 0.1) is 0 Å². The van der Waals surface area contributed by atoms with Gasteiger partial charge < -0.3 is 0 Å². The van der Waals surface area contributed by atoms with Crippen LogP contribution >= 0.6 is 0 Å². The molecule has 0 aliphatic carbocycles. The van der Waals surface area contributed by atoms with Gasteiger partial charge in [-0.25, -0.2) is 4.58 Å². The summed E-state index contributed by atoms with van der Waals surface area (Å²) in [6, 6.07) is 7.38. The van der Waals surface area contributed by atoms with Crippen LogP contribution < -0.4 is 0 Å². The number of fused-ring (bicyclic) bond motifs is 1. The van der Waals surface area contributed by atoms with E-state index in [1.54, 1.807) is 11.1 Å². The van der Waals surface area contributed by atoms with Gasteiger partial charge in [-0.3, -0.25) is 0 Å². The lowest BCUT2D eigenvalue weighted by molar-refractivity contribution is -0.434. The summed E-state index contributed by atoms with van der Waals surface area (Å²) in [5, 5.41) is 0. The predicted molar refractivity (Wildman–Crippen MR) is 185 cm³/mol. The molecule has 0 saturated heterocycles. The molecule has 0 aromatic heterocycles. The lowest BCUT2D eigenvalue weighted by Crippen LogP contribution is -2.17. The summed E-state index contributed by atoms with van der Waals surface area (Å²) in [5.74, 6) is 0. The van der Waals surface area contributed by atoms with Crippen LogP contribution in [0.5, 0.6) is 0 Å². The molecule has 0 spiro atoms. The lowest BCUT2D eigenvalue weighted by Gasteiger charge is -2.12. The maximum Gasteiger partial charge on any atom is 0.209 e. The first-order chi connectivity index (χ1) is 20.1. The van der Waals surface area contributed by atoms with E-state index in [0.717, 1.165) is 0 Å². The molecule has 1 aliphatic rings. The zero-order chi connectivity index (χ0) is 29.4. The van der Waals surface area contributed by atoms with Crippen LogP contribution in [0.1, 0.15) is 206 Å². The van der Waals surface area contributed by atoms with E-state index in [1.165, 1.54) is 186 Å². The summed E-state index contributed by atoms with van der Waals surface area (Å²) in [6.45, 7) is 10.6. The SMILES string of the molecule is CCCCCCCCCCCCCCCCCC[N+]1=CC(C)(C)c2cc(CCCCCCCCCCCC)ccc21. The van der Waals surface area contributed by atoms with Gasteiger partial charge in [-0.15, -0.1) is 0 Å². The first-order valence-corrected chi connectivity index (χ1v) is 18.8. The zero-order valence-corrected chi connectivity index (χ0v) is 28.6. The fourth-order valence-corrected chi connectivity index (χ4v) is 6.87. The van der Waals surface area contributed by atoms with Crippen LogP contribution in [0.25, 0.3) is 0 Å². The second-order valence-corrected chi connectivity index (χ2v) is 14.1. The third-order valence-electron chi connectivity index (χ3n) is 9.61. The molecule has 0 fully saturated rings. The second-order valence-electron chi connectivity index (χ2n) is 14.1. The molecule has 0 saturated carbocycles. The Morgan fingerprint density at radius 2 is 0.878 bits per heavy atom. The first-order valence-electron chi connectivity index (χ1n) is 18.8. The van der Waals surface area contributed by atoms with Crippen molar-refractivity contribution in [1.82, 2.24) is 0 Å². The van der Waals surface area contributed by atoms with E-state index in [9.17, 15) is 0 Å². The average molecular weight is 567 g/mol. The van der Waals surface area contributed by atoms with Gasteiger partial charge in [0.25, 0.3) is 0 Å². The monoisotopic (exact) mass is 567 g/mol. The van der Waals surface area contributed by atoms with Crippen LogP contribution in [0.15, 0.2) is 18.2 Å². The van der Waals surface area contributed by atoms with E-state index in [4.69, 9.17) is 0 Å². The topological polar surface area (TPSA) is 3.01 Å². The minimum atomic E-state index is 0.165. The van der Waals surface area contributed by atoms with Crippen LogP contribution in [0.2, 0.25) is 0 Å². The highest BCUT2D eigenvalue weighted by Crippen LogP contribution is 2.37. The molecule has 1 heteroatoms. The highest BCUT2D eigenvalue weighted by Gasteiger charge is 2.36. The summed E-state index contributed by atoms with van der Waals surface area (Å²) in [7, 11) is 0. The average Bonchev–Trinajstić information content (AvgIpc) is 3.22. The number of hydrogen-bond acceptors (Lipinski definition) is 0. The summed E-state index contributed by atoms with van der Waals surface area (Å²) in [5.41, 5.74) is 4.74. The van der Waals surface area contributed by atoms with Crippen molar-refractivity contribution in [2.24, 2.45) is 0 Å². The molecule has 236 valence electrons. The Balaban J connectivity index is 1.50. The van der Waals surface area contributed by atoms with Crippen LogP contribution in [-0.2, 0) is 11.8 Å². The van der Waals surface area contributed by atoms with Crippen molar-refractivity contribution in [3.63, 3.8) is 0 Å². The van der Waals surface area contributed by atoms with Gasteiger partial charge in [-0.2, -0.15) is 0 Å². The second kappa shape index (κ2) is 23.4. The molecule has 1 aliphatic heterocycles. The van der Waals surface area contributed by atoms with Gasteiger partial charge in [0.15, 0.2) is 6.21 Å². The van der Waals surface area contributed by atoms with E-state index < -0.39 is 0 Å². The highest BCUT2D eigenvalue weighted by molar-refractivity contribution is 5.77. The number of aryl methyl sites for hydroxylation is 1. The smallest absolute Gasteiger partial charge is 0.202 e. The Morgan fingerprint density at radius 3 is 1.32 bits per heavy atom.